The Kier molecular flexibility index (Phi) is 4.41. The molecular weight excluding hydrogens is 295 g/mol. The Hall–Kier alpha value is -1.45. The standard InChI is InChI=1S/C15H16Cl2N2O/c1-8(2)10-7-13(9(3)6-11(10)16)20-15-12(18)4-5-14(17)19-15/h4-8H,18H2,1-3H3. The molecular formula is C15H16Cl2N2O. The van der Waals surface area contributed by atoms with Gasteiger partial charge in [-0.2, -0.15) is 4.98 Å². The third-order valence-electron chi connectivity index (χ3n) is 2.98. The number of nitrogen functional groups attached to an aromatic ring is 1. The number of hydrogen-bond donors (Lipinski definition) is 1. The topological polar surface area (TPSA) is 48.1 Å². The lowest BCUT2D eigenvalue weighted by Crippen LogP contribution is -1.98. The van der Waals surface area contributed by atoms with Crippen molar-refractivity contribution >= 4 is 28.9 Å². The summed E-state index contributed by atoms with van der Waals surface area (Å²) in [7, 11) is 0. The normalized spacial score (nSPS) is 10.9. The van der Waals surface area contributed by atoms with Gasteiger partial charge in [0.05, 0.1) is 5.69 Å². The highest BCUT2D eigenvalue weighted by molar-refractivity contribution is 6.31. The fourth-order valence-electron chi connectivity index (χ4n) is 1.84. The minimum absolute atomic E-state index is 0.301. The number of nitrogens with zero attached hydrogens (tertiary/aromatic N) is 1. The summed E-state index contributed by atoms with van der Waals surface area (Å²) >= 11 is 12.1. The molecule has 20 heavy (non-hydrogen) atoms. The van der Waals surface area contributed by atoms with E-state index in [9.17, 15) is 0 Å². The van der Waals surface area contributed by atoms with E-state index >= 15 is 0 Å². The number of benzene rings is 1. The summed E-state index contributed by atoms with van der Waals surface area (Å²) in [4.78, 5) is 4.09. The first-order valence-electron chi connectivity index (χ1n) is 6.28. The molecule has 0 atom stereocenters. The Morgan fingerprint density at radius 2 is 1.90 bits per heavy atom. The van der Waals surface area contributed by atoms with Gasteiger partial charge < -0.3 is 10.5 Å². The number of aromatic nitrogens is 1. The molecule has 2 rings (SSSR count). The number of rotatable bonds is 3. The van der Waals surface area contributed by atoms with Crippen LogP contribution in [0.5, 0.6) is 11.6 Å². The van der Waals surface area contributed by atoms with E-state index in [1.165, 1.54) is 0 Å². The summed E-state index contributed by atoms with van der Waals surface area (Å²) in [5, 5.41) is 1.07. The van der Waals surface area contributed by atoms with Crippen molar-refractivity contribution in [3.05, 3.63) is 45.6 Å². The molecule has 1 heterocycles. The van der Waals surface area contributed by atoms with E-state index in [1.54, 1.807) is 12.1 Å². The monoisotopic (exact) mass is 310 g/mol. The van der Waals surface area contributed by atoms with Crippen LogP contribution in [0, 0.1) is 6.92 Å². The van der Waals surface area contributed by atoms with Crippen molar-refractivity contribution in [2.45, 2.75) is 26.7 Å². The molecule has 106 valence electrons. The van der Waals surface area contributed by atoms with Crippen LogP contribution >= 0.6 is 23.2 Å². The summed E-state index contributed by atoms with van der Waals surface area (Å²) in [6.07, 6.45) is 0. The van der Waals surface area contributed by atoms with Crippen molar-refractivity contribution in [2.24, 2.45) is 0 Å². The van der Waals surface area contributed by atoms with Crippen LogP contribution in [0.25, 0.3) is 0 Å². The number of halogens is 2. The van der Waals surface area contributed by atoms with Crippen LogP contribution in [0.15, 0.2) is 24.3 Å². The second-order valence-electron chi connectivity index (χ2n) is 4.92. The molecule has 0 aliphatic carbocycles. The maximum atomic E-state index is 6.24. The van der Waals surface area contributed by atoms with Crippen LogP contribution in [0.2, 0.25) is 10.2 Å². The quantitative estimate of drug-likeness (QED) is 0.793. The maximum absolute atomic E-state index is 6.24. The molecule has 0 aliphatic heterocycles. The van der Waals surface area contributed by atoms with Crippen molar-refractivity contribution in [2.75, 3.05) is 5.73 Å². The van der Waals surface area contributed by atoms with E-state index in [2.05, 4.69) is 18.8 Å². The molecule has 0 amide bonds. The van der Waals surface area contributed by atoms with Gasteiger partial charge in [0.15, 0.2) is 0 Å². The van der Waals surface area contributed by atoms with Crippen LogP contribution in [0.1, 0.15) is 30.9 Å². The van der Waals surface area contributed by atoms with Gasteiger partial charge in [-0.1, -0.05) is 37.0 Å². The molecule has 0 unspecified atom stereocenters. The predicted molar refractivity (Wildman–Crippen MR) is 84.0 cm³/mol. The number of aryl methyl sites for hydroxylation is 1. The average Bonchev–Trinajstić information content (AvgIpc) is 2.36. The average molecular weight is 311 g/mol. The van der Waals surface area contributed by atoms with Gasteiger partial charge in [0.25, 0.3) is 0 Å². The number of anilines is 1. The Morgan fingerprint density at radius 3 is 2.55 bits per heavy atom. The fourth-order valence-corrected chi connectivity index (χ4v) is 2.41. The van der Waals surface area contributed by atoms with Gasteiger partial charge in [-0.05, 0) is 48.2 Å². The van der Waals surface area contributed by atoms with Crippen molar-refractivity contribution in [3.63, 3.8) is 0 Å². The molecule has 2 N–H and O–H groups in total. The van der Waals surface area contributed by atoms with Gasteiger partial charge >= 0.3 is 0 Å². The van der Waals surface area contributed by atoms with Gasteiger partial charge in [-0.15, -0.1) is 0 Å². The molecule has 0 fully saturated rings. The lowest BCUT2D eigenvalue weighted by atomic mass is 10.0. The molecule has 0 radical (unpaired) electrons. The van der Waals surface area contributed by atoms with Crippen molar-refractivity contribution in [1.82, 2.24) is 4.98 Å². The van der Waals surface area contributed by atoms with E-state index in [-0.39, 0.29) is 0 Å². The van der Waals surface area contributed by atoms with Gasteiger partial charge in [0.1, 0.15) is 10.9 Å². The number of nitrogens with two attached hydrogens (primary N) is 1. The molecule has 1 aromatic carbocycles. The molecule has 3 nitrogen and oxygen atoms in total. The third kappa shape index (κ3) is 3.17. The van der Waals surface area contributed by atoms with Crippen LogP contribution in [-0.2, 0) is 0 Å². The molecule has 0 aliphatic rings. The molecule has 0 bridgehead atoms. The highest BCUT2D eigenvalue weighted by Crippen LogP contribution is 2.35. The molecule has 0 spiro atoms. The Bertz CT molecular complexity index is 642. The minimum Gasteiger partial charge on any atom is -0.437 e. The molecule has 5 heteroatoms. The lowest BCUT2D eigenvalue weighted by Gasteiger charge is -2.14. The Balaban J connectivity index is 2.43. The first-order chi connectivity index (χ1) is 9.38. The highest BCUT2D eigenvalue weighted by Gasteiger charge is 2.12. The van der Waals surface area contributed by atoms with Gasteiger partial charge in [0, 0.05) is 5.02 Å². The first kappa shape index (κ1) is 14.9. The van der Waals surface area contributed by atoms with E-state index in [0.29, 0.717) is 28.4 Å². The maximum Gasteiger partial charge on any atom is 0.244 e. The lowest BCUT2D eigenvalue weighted by molar-refractivity contribution is 0.461. The SMILES string of the molecule is Cc1cc(Cl)c(C(C)C)cc1Oc1nc(Cl)ccc1N. The van der Waals surface area contributed by atoms with Gasteiger partial charge in [0.2, 0.25) is 5.88 Å². The first-order valence-corrected chi connectivity index (χ1v) is 7.04. The smallest absolute Gasteiger partial charge is 0.244 e. The summed E-state index contributed by atoms with van der Waals surface area (Å²) in [5.41, 5.74) is 8.22. The molecule has 0 saturated carbocycles. The molecule has 1 aromatic heterocycles. The van der Waals surface area contributed by atoms with Crippen LogP contribution in [-0.4, -0.2) is 4.98 Å². The van der Waals surface area contributed by atoms with Crippen LogP contribution < -0.4 is 10.5 Å². The molecule has 0 saturated heterocycles. The van der Waals surface area contributed by atoms with Gasteiger partial charge in [-0.25, -0.2) is 0 Å². The van der Waals surface area contributed by atoms with E-state index in [4.69, 9.17) is 33.7 Å². The van der Waals surface area contributed by atoms with E-state index in [0.717, 1.165) is 16.1 Å². The largest absolute Gasteiger partial charge is 0.437 e. The van der Waals surface area contributed by atoms with Crippen LogP contribution in [0.4, 0.5) is 5.69 Å². The Morgan fingerprint density at radius 1 is 1.20 bits per heavy atom. The number of hydrogen-bond acceptors (Lipinski definition) is 3. The third-order valence-corrected chi connectivity index (χ3v) is 3.52. The van der Waals surface area contributed by atoms with E-state index in [1.807, 2.05) is 19.1 Å². The zero-order chi connectivity index (χ0) is 14.9. The van der Waals surface area contributed by atoms with E-state index < -0.39 is 0 Å². The fraction of sp³-hybridized carbons (Fsp3) is 0.267. The van der Waals surface area contributed by atoms with Crippen molar-refractivity contribution in [3.8, 4) is 11.6 Å². The predicted octanol–water partition coefficient (Wildman–Crippen LogP) is 5.19. The van der Waals surface area contributed by atoms with Crippen molar-refractivity contribution in [1.29, 1.82) is 0 Å². The highest BCUT2D eigenvalue weighted by atomic mass is 35.5. The van der Waals surface area contributed by atoms with Crippen LogP contribution in [0.3, 0.4) is 0 Å². The Labute approximate surface area is 128 Å². The summed E-state index contributed by atoms with van der Waals surface area (Å²) in [5.74, 6) is 1.28. The minimum atomic E-state index is 0.301. The second kappa shape index (κ2) is 5.90. The second-order valence-corrected chi connectivity index (χ2v) is 5.72. The zero-order valence-corrected chi connectivity index (χ0v) is 13.1. The number of pyridine rings is 1. The van der Waals surface area contributed by atoms with Gasteiger partial charge in [-0.3, -0.25) is 0 Å². The number of ether oxygens (including phenoxy) is 1. The zero-order valence-electron chi connectivity index (χ0n) is 11.6. The summed E-state index contributed by atoms with van der Waals surface area (Å²) in [6, 6.07) is 7.09. The summed E-state index contributed by atoms with van der Waals surface area (Å²) in [6.45, 7) is 6.07. The summed E-state index contributed by atoms with van der Waals surface area (Å²) < 4.78 is 5.79. The molecule has 2 aromatic rings. The van der Waals surface area contributed by atoms with Crippen molar-refractivity contribution < 1.29 is 4.74 Å².